The number of benzene rings is 2. The summed E-state index contributed by atoms with van der Waals surface area (Å²) in [5, 5.41) is 2.38. The highest BCUT2D eigenvalue weighted by Gasteiger charge is 2.42. The minimum atomic E-state index is -0.897. The van der Waals surface area contributed by atoms with Gasteiger partial charge in [0.05, 0.1) is 0 Å². The lowest BCUT2D eigenvalue weighted by Gasteiger charge is -2.30. The second kappa shape index (κ2) is 13.6. The molecule has 0 unspecified atom stereocenters. The number of hydrogen-bond acceptors (Lipinski definition) is 3. The molecule has 1 fully saturated rings. The fraction of sp³-hybridized carbons (Fsp3) is 0.300. The number of carbonyl (C=O) groups is 2. The summed E-state index contributed by atoms with van der Waals surface area (Å²) in [6.07, 6.45) is 10.0. The van der Waals surface area contributed by atoms with Crippen LogP contribution in [0.2, 0.25) is 0 Å². The van der Waals surface area contributed by atoms with Crippen LogP contribution in [-0.2, 0) is 14.3 Å². The van der Waals surface area contributed by atoms with Crippen LogP contribution < -0.4 is 10.6 Å². The monoisotopic (exact) mass is 473 g/mol. The van der Waals surface area contributed by atoms with Gasteiger partial charge in [-0.1, -0.05) is 93.1 Å². The molecule has 1 saturated carbocycles. The smallest absolute Gasteiger partial charge is 0.314 e. The van der Waals surface area contributed by atoms with Gasteiger partial charge in [-0.15, -0.1) is 0 Å². The summed E-state index contributed by atoms with van der Waals surface area (Å²) in [4.78, 5) is 24.6. The molecule has 2 aromatic rings. The average molecular weight is 474 g/mol. The topological polar surface area (TPSA) is 43.4 Å². The minimum absolute atomic E-state index is 0.199. The molecule has 0 aliphatic heterocycles. The molecule has 34 heavy (non-hydrogen) atoms. The van der Waals surface area contributed by atoms with Gasteiger partial charge in [0, 0.05) is 18.5 Å². The van der Waals surface area contributed by atoms with E-state index < -0.39 is 7.92 Å². The van der Waals surface area contributed by atoms with Gasteiger partial charge in [-0.3, -0.25) is 4.79 Å². The van der Waals surface area contributed by atoms with E-state index in [1.54, 1.807) is 0 Å². The Morgan fingerprint density at radius 2 is 1.62 bits per heavy atom. The van der Waals surface area contributed by atoms with E-state index in [9.17, 15) is 9.59 Å². The number of rotatable bonds is 13. The van der Waals surface area contributed by atoms with Crippen LogP contribution in [0.3, 0.4) is 0 Å². The van der Waals surface area contributed by atoms with Gasteiger partial charge >= 0.3 is 5.97 Å². The van der Waals surface area contributed by atoms with Crippen LogP contribution >= 0.6 is 7.92 Å². The molecule has 1 aliphatic carbocycles. The molecule has 3 nitrogen and oxygen atoms in total. The number of esters is 1. The van der Waals surface area contributed by atoms with Crippen LogP contribution in [0.4, 0.5) is 0 Å². The zero-order valence-corrected chi connectivity index (χ0v) is 21.0. The third-order valence-corrected chi connectivity index (χ3v) is 8.68. The molecule has 0 aromatic heterocycles. The van der Waals surface area contributed by atoms with Gasteiger partial charge in [0.25, 0.3) is 0 Å². The Bertz CT molecular complexity index is 872. The largest absolute Gasteiger partial charge is 0.462 e. The summed E-state index contributed by atoms with van der Waals surface area (Å²) in [7, 11) is -0.897. The van der Waals surface area contributed by atoms with E-state index in [4.69, 9.17) is 4.74 Å². The Hall–Kier alpha value is -2.25. The second-order valence-corrected chi connectivity index (χ2v) is 10.8. The van der Waals surface area contributed by atoms with Crippen LogP contribution in [0.5, 0.6) is 0 Å². The standard InChI is InChI=1S/C30H34O3P/c1-4-23(3)21-25(22-24(5-2)19-20-31)33-30(32)28-17-12-18-29(28)34(26-13-8-6-9-14-26)27-15-10-7-11-16-27/h6-18,20,24-25H,3-5,19,21-22H2,1-2H3/t24-,25-/m1/s1. The van der Waals surface area contributed by atoms with Gasteiger partial charge < -0.3 is 9.53 Å². The second-order valence-electron chi connectivity index (χ2n) is 8.58. The average Bonchev–Trinajstić information content (AvgIpc) is 3.34. The van der Waals surface area contributed by atoms with Crippen molar-refractivity contribution in [1.82, 2.24) is 0 Å². The highest BCUT2D eigenvalue weighted by molar-refractivity contribution is 7.76. The molecular formula is C30H34O3P. The maximum Gasteiger partial charge on any atom is 0.314 e. The lowest BCUT2D eigenvalue weighted by Crippen LogP contribution is -2.29. The Morgan fingerprint density at radius 3 is 2.15 bits per heavy atom. The Labute approximate surface area is 206 Å². The van der Waals surface area contributed by atoms with E-state index >= 15 is 0 Å². The lowest BCUT2D eigenvalue weighted by molar-refractivity contribution is -0.146. The Kier molecular flexibility index (Phi) is 10.5. The molecule has 0 saturated heterocycles. The van der Waals surface area contributed by atoms with Crippen LogP contribution in [-0.4, -0.2) is 18.4 Å². The van der Waals surface area contributed by atoms with Crippen molar-refractivity contribution in [3.63, 3.8) is 0 Å². The number of aldehydes is 1. The summed E-state index contributed by atoms with van der Waals surface area (Å²) in [6, 6.07) is 20.7. The summed E-state index contributed by atoms with van der Waals surface area (Å²) in [5.74, 6) is 0.522. The lowest BCUT2D eigenvalue weighted by atomic mass is 9.92. The third kappa shape index (κ3) is 7.12. The molecule has 0 heterocycles. The van der Waals surface area contributed by atoms with Gasteiger partial charge in [0.15, 0.2) is 0 Å². The highest BCUT2D eigenvalue weighted by Crippen LogP contribution is 2.56. The zero-order chi connectivity index (χ0) is 24.3. The van der Waals surface area contributed by atoms with Crippen LogP contribution in [0, 0.1) is 36.8 Å². The van der Waals surface area contributed by atoms with Gasteiger partial charge in [0.1, 0.15) is 18.3 Å². The van der Waals surface area contributed by atoms with Crippen molar-refractivity contribution >= 4 is 30.8 Å². The zero-order valence-electron chi connectivity index (χ0n) is 20.2. The van der Waals surface area contributed by atoms with E-state index in [-0.39, 0.29) is 18.0 Å². The predicted octanol–water partition coefficient (Wildman–Crippen LogP) is 6.13. The number of hydrogen-bond donors (Lipinski definition) is 0. The highest BCUT2D eigenvalue weighted by atomic mass is 31.1. The quantitative estimate of drug-likeness (QED) is 0.152. The molecule has 0 bridgehead atoms. The van der Waals surface area contributed by atoms with E-state index in [1.807, 2.05) is 55.7 Å². The first-order valence-electron chi connectivity index (χ1n) is 12.0. The SMILES string of the molecule is C=C(CC)C[C@H](C[C@H](CC)CC=O)OC(=O)[C]1[CH][CH][CH][C]1P(c1ccccc1)c1ccccc1. The van der Waals surface area contributed by atoms with E-state index in [1.165, 1.54) is 10.6 Å². The van der Waals surface area contributed by atoms with Crippen molar-refractivity contribution in [2.75, 3.05) is 0 Å². The molecule has 2 aromatic carbocycles. The number of ether oxygens (including phenoxy) is 1. The molecular weight excluding hydrogens is 439 g/mol. The van der Waals surface area contributed by atoms with Crippen LogP contribution in [0.15, 0.2) is 72.8 Å². The molecule has 5 radical (unpaired) electrons. The van der Waals surface area contributed by atoms with E-state index in [0.29, 0.717) is 25.2 Å². The fourth-order valence-corrected chi connectivity index (χ4v) is 6.59. The van der Waals surface area contributed by atoms with Crippen molar-refractivity contribution < 1.29 is 14.3 Å². The van der Waals surface area contributed by atoms with Crippen LogP contribution in [0.25, 0.3) is 0 Å². The first-order chi connectivity index (χ1) is 16.6. The molecule has 2 atom stereocenters. The molecule has 177 valence electrons. The van der Waals surface area contributed by atoms with Gasteiger partial charge in [-0.2, -0.15) is 0 Å². The van der Waals surface area contributed by atoms with E-state index in [2.05, 4.69) is 44.7 Å². The van der Waals surface area contributed by atoms with E-state index in [0.717, 1.165) is 30.4 Å². The van der Waals surface area contributed by atoms with Crippen molar-refractivity contribution in [1.29, 1.82) is 0 Å². The Morgan fingerprint density at radius 1 is 1.00 bits per heavy atom. The first kappa shape index (κ1) is 26.4. The first-order valence-corrected chi connectivity index (χ1v) is 13.4. The third-order valence-electron chi connectivity index (χ3n) is 6.18. The molecule has 0 amide bonds. The molecule has 1 aliphatic rings. The van der Waals surface area contributed by atoms with Crippen molar-refractivity contribution in [2.45, 2.75) is 52.1 Å². The normalized spacial score (nSPS) is 16.3. The predicted molar refractivity (Wildman–Crippen MR) is 141 cm³/mol. The summed E-state index contributed by atoms with van der Waals surface area (Å²) < 4.78 is 6.10. The van der Waals surface area contributed by atoms with Gasteiger partial charge in [0.2, 0.25) is 0 Å². The van der Waals surface area contributed by atoms with Gasteiger partial charge in [-0.25, -0.2) is 0 Å². The molecule has 0 spiro atoms. The van der Waals surface area contributed by atoms with Gasteiger partial charge in [-0.05, 0) is 56.6 Å². The summed E-state index contributed by atoms with van der Waals surface area (Å²) in [6.45, 7) is 8.26. The maximum atomic E-state index is 13.5. The Balaban J connectivity index is 1.82. The molecule has 0 N–H and O–H groups in total. The molecule has 4 heteroatoms. The number of carbonyl (C=O) groups excluding carboxylic acids is 2. The summed E-state index contributed by atoms with van der Waals surface area (Å²) in [5.41, 5.74) is 2.06. The summed E-state index contributed by atoms with van der Waals surface area (Å²) >= 11 is 0. The fourth-order valence-electron chi connectivity index (χ4n) is 4.15. The van der Waals surface area contributed by atoms with Crippen LogP contribution in [0.1, 0.15) is 46.0 Å². The van der Waals surface area contributed by atoms with Crippen molar-refractivity contribution in [3.8, 4) is 0 Å². The maximum absolute atomic E-state index is 13.5. The van der Waals surface area contributed by atoms with Crippen molar-refractivity contribution in [2.24, 2.45) is 5.92 Å². The minimum Gasteiger partial charge on any atom is -0.462 e. The molecule has 3 rings (SSSR count). The van der Waals surface area contributed by atoms with Crippen molar-refractivity contribution in [3.05, 3.63) is 104 Å².